The number of rotatable bonds is 2. The highest BCUT2D eigenvalue weighted by Crippen LogP contribution is 2.38. The Bertz CT molecular complexity index is 516. The van der Waals surface area contributed by atoms with Crippen molar-refractivity contribution in [2.75, 3.05) is 0 Å². The first-order valence-corrected chi connectivity index (χ1v) is 4.82. The van der Waals surface area contributed by atoms with Gasteiger partial charge >= 0.3 is 5.97 Å². The summed E-state index contributed by atoms with van der Waals surface area (Å²) in [6, 6.07) is 0. The van der Waals surface area contributed by atoms with E-state index in [2.05, 4.69) is 9.98 Å². The zero-order valence-corrected chi connectivity index (χ0v) is 9.02. The Morgan fingerprint density at radius 1 is 1.44 bits per heavy atom. The maximum atomic E-state index is 11.5. The van der Waals surface area contributed by atoms with Crippen LogP contribution in [-0.2, 0) is 9.59 Å². The first-order valence-electron chi connectivity index (χ1n) is 4.45. The molecule has 0 aromatic heterocycles. The number of carbonyl (C=O) groups is 2. The summed E-state index contributed by atoms with van der Waals surface area (Å²) in [6.07, 6.45) is 4.28. The minimum Gasteiger partial charge on any atom is -0.475 e. The molecule has 1 atom stereocenters. The second-order valence-electron chi connectivity index (χ2n) is 3.59. The number of carboxylic acids is 1. The van der Waals surface area contributed by atoms with Gasteiger partial charge in [0.15, 0.2) is 5.17 Å². The molecule has 6 heteroatoms. The molecule has 2 heterocycles. The Morgan fingerprint density at radius 2 is 2.12 bits per heavy atom. The molecule has 0 radical (unpaired) electrons. The fourth-order valence-corrected chi connectivity index (χ4v) is 1.99. The number of aliphatic carboxylic acids is 1. The number of hydrogen-bond acceptors (Lipinski definition) is 4. The first-order chi connectivity index (χ1) is 7.47. The van der Waals surface area contributed by atoms with E-state index in [0.29, 0.717) is 5.71 Å². The Hall–Kier alpha value is -1.75. The van der Waals surface area contributed by atoms with Gasteiger partial charge in [-0.05, 0) is 13.0 Å². The molecular weight excluding hydrogens is 232 g/mol. The highest BCUT2D eigenvalue weighted by atomic mass is 35.5. The molecule has 0 fully saturated rings. The number of carbonyl (C=O) groups excluding carboxylic acids is 1. The van der Waals surface area contributed by atoms with Crippen LogP contribution in [0.4, 0.5) is 0 Å². The lowest BCUT2D eigenvalue weighted by atomic mass is 9.77. The van der Waals surface area contributed by atoms with Gasteiger partial charge in [-0.2, -0.15) is 0 Å². The molecule has 0 spiro atoms. The highest BCUT2D eigenvalue weighted by Gasteiger charge is 2.44. The second kappa shape index (κ2) is 3.38. The monoisotopic (exact) mass is 238 g/mol. The fourth-order valence-electron chi connectivity index (χ4n) is 1.68. The average molecular weight is 239 g/mol. The van der Waals surface area contributed by atoms with E-state index in [9.17, 15) is 9.59 Å². The lowest BCUT2D eigenvalue weighted by Crippen LogP contribution is -2.35. The number of hydrogen-bond donors (Lipinski definition) is 1. The fraction of sp³-hybridized carbons (Fsp3) is 0.200. The summed E-state index contributed by atoms with van der Waals surface area (Å²) >= 11 is 5.83. The van der Waals surface area contributed by atoms with Gasteiger partial charge in [-0.1, -0.05) is 11.6 Å². The van der Waals surface area contributed by atoms with Crippen molar-refractivity contribution in [3.63, 3.8) is 0 Å². The molecular formula is C10H7ClN2O3. The number of nitrogens with zero attached hydrogens (tertiary/aromatic N) is 2. The first kappa shape index (κ1) is 10.8. The topological polar surface area (TPSA) is 79.1 Å². The van der Waals surface area contributed by atoms with E-state index in [-0.39, 0.29) is 10.7 Å². The predicted molar refractivity (Wildman–Crippen MR) is 58.7 cm³/mol. The van der Waals surface area contributed by atoms with E-state index in [4.69, 9.17) is 16.7 Å². The van der Waals surface area contributed by atoms with Gasteiger partial charge < -0.3 is 5.11 Å². The normalized spacial score (nSPS) is 26.8. The van der Waals surface area contributed by atoms with Crippen molar-refractivity contribution in [2.24, 2.45) is 15.4 Å². The largest absolute Gasteiger partial charge is 0.475 e. The van der Waals surface area contributed by atoms with Crippen molar-refractivity contribution in [2.45, 2.75) is 6.92 Å². The van der Waals surface area contributed by atoms with Gasteiger partial charge in [0, 0.05) is 18.0 Å². The Kier molecular flexibility index (Phi) is 2.27. The van der Waals surface area contributed by atoms with Crippen LogP contribution in [0.5, 0.6) is 0 Å². The molecule has 0 aromatic carbocycles. The number of carboxylic acid groups (broad SMARTS) is 1. The maximum Gasteiger partial charge on any atom is 0.376 e. The van der Waals surface area contributed by atoms with Crippen LogP contribution in [-0.4, -0.2) is 27.7 Å². The van der Waals surface area contributed by atoms with Crippen molar-refractivity contribution >= 4 is 34.2 Å². The molecule has 82 valence electrons. The lowest BCUT2D eigenvalue weighted by Gasteiger charge is -2.25. The Labute approximate surface area is 95.8 Å². The van der Waals surface area contributed by atoms with E-state index in [1.807, 2.05) is 0 Å². The number of allylic oxidation sites excluding steroid dienone is 1. The lowest BCUT2D eigenvalue weighted by molar-refractivity contribution is -0.147. The summed E-state index contributed by atoms with van der Waals surface area (Å²) in [4.78, 5) is 29.9. The third kappa shape index (κ3) is 1.32. The van der Waals surface area contributed by atoms with Crippen LogP contribution in [0.1, 0.15) is 6.92 Å². The number of fused-ring (bicyclic) bond motifs is 1. The molecule has 16 heavy (non-hydrogen) atoms. The highest BCUT2D eigenvalue weighted by molar-refractivity contribution is 6.85. The van der Waals surface area contributed by atoms with Gasteiger partial charge in [-0.15, -0.1) is 0 Å². The van der Waals surface area contributed by atoms with Gasteiger partial charge in [-0.3, -0.25) is 9.79 Å². The van der Waals surface area contributed by atoms with E-state index in [0.717, 1.165) is 0 Å². The minimum absolute atomic E-state index is 0.0966. The molecule has 0 amide bonds. The third-order valence-corrected chi connectivity index (χ3v) is 2.88. The summed E-state index contributed by atoms with van der Waals surface area (Å²) in [6.45, 7) is 1.68. The maximum absolute atomic E-state index is 11.5. The zero-order valence-electron chi connectivity index (χ0n) is 8.27. The van der Waals surface area contributed by atoms with E-state index < -0.39 is 17.2 Å². The van der Waals surface area contributed by atoms with E-state index in [1.165, 1.54) is 12.4 Å². The molecule has 0 aromatic rings. The Balaban J connectivity index is 2.45. The molecule has 2 aliphatic rings. The summed E-state index contributed by atoms with van der Waals surface area (Å²) in [5.41, 5.74) is -0.380. The molecule has 0 saturated carbocycles. The Morgan fingerprint density at radius 3 is 2.75 bits per heavy atom. The van der Waals surface area contributed by atoms with Gasteiger partial charge in [0.2, 0.25) is 0 Å². The van der Waals surface area contributed by atoms with E-state index in [1.54, 1.807) is 13.0 Å². The van der Waals surface area contributed by atoms with Crippen LogP contribution in [0, 0.1) is 5.41 Å². The number of halogens is 1. The standard InChI is InChI=1S/C10H7ClN2O3/c1-10-2-3-12-8(11)7(10)13-4-5(10)6(14)9(15)16/h2-4H,1H3,(H,15,16). The van der Waals surface area contributed by atoms with Crippen LogP contribution >= 0.6 is 11.6 Å². The zero-order chi connectivity index (χ0) is 11.9. The molecule has 2 aliphatic heterocycles. The smallest absolute Gasteiger partial charge is 0.376 e. The van der Waals surface area contributed by atoms with E-state index >= 15 is 0 Å². The number of aliphatic imine (C=N–C) groups is 2. The van der Waals surface area contributed by atoms with Crippen molar-refractivity contribution in [3.05, 3.63) is 24.0 Å². The number of Topliss-reactive ketones (excluding diaryl/α,β-unsaturated/α-hetero) is 1. The molecule has 5 nitrogen and oxygen atoms in total. The van der Waals surface area contributed by atoms with Gasteiger partial charge in [-0.25, -0.2) is 9.79 Å². The summed E-state index contributed by atoms with van der Waals surface area (Å²) in [7, 11) is 0. The molecule has 0 bridgehead atoms. The quantitative estimate of drug-likeness (QED) is 0.733. The van der Waals surface area contributed by atoms with Crippen molar-refractivity contribution in [1.29, 1.82) is 0 Å². The van der Waals surface area contributed by atoms with Gasteiger partial charge in [0.1, 0.15) is 0 Å². The molecule has 2 rings (SSSR count). The van der Waals surface area contributed by atoms with Crippen molar-refractivity contribution in [1.82, 2.24) is 0 Å². The summed E-state index contributed by atoms with van der Waals surface area (Å²) in [5, 5.41) is 8.86. The van der Waals surface area contributed by atoms with Gasteiger partial charge in [0.05, 0.1) is 11.1 Å². The van der Waals surface area contributed by atoms with Crippen LogP contribution in [0.2, 0.25) is 0 Å². The van der Waals surface area contributed by atoms with Crippen molar-refractivity contribution in [3.8, 4) is 0 Å². The summed E-state index contributed by atoms with van der Waals surface area (Å²) < 4.78 is 0. The second-order valence-corrected chi connectivity index (χ2v) is 3.95. The molecule has 0 saturated heterocycles. The van der Waals surface area contributed by atoms with Crippen LogP contribution in [0.15, 0.2) is 34.0 Å². The van der Waals surface area contributed by atoms with Crippen LogP contribution in [0.3, 0.4) is 0 Å². The third-order valence-electron chi connectivity index (χ3n) is 2.60. The average Bonchev–Trinajstić information content (AvgIpc) is 2.55. The number of ketones is 1. The van der Waals surface area contributed by atoms with Gasteiger partial charge in [0.25, 0.3) is 5.78 Å². The SMILES string of the molecule is CC12C=CN=C(Cl)C1=NC=C2C(=O)C(=O)O. The minimum atomic E-state index is -1.50. The molecule has 1 unspecified atom stereocenters. The van der Waals surface area contributed by atoms with Crippen LogP contribution < -0.4 is 0 Å². The summed E-state index contributed by atoms with van der Waals surface area (Å²) in [5.74, 6) is -2.48. The van der Waals surface area contributed by atoms with Crippen LogP contribution in [0.25, 0.3) is 0 Å². The molecule has 0 aliphatic carbocycles. The van der Waals surface area contributed by atoms with Crippen molar-refractivity contribution < 1.29 is 14.7 Å². The predicted octanol–water partition coefficient (Wildman–Crippen LogP) is 1.15. The molecule has 1 N–H and O–H groups in total.